The largest absolute Gasteiger partial charge is 0.497 e. The molecule has 0 saturated carbocycles. The maximum atomic E-state index is 12.0. The Bertz CT molecular complexity index is 731. The van der Waals surface area contributed by atoms with Gasteiger partial charge >= 0.3 is 5.97 Å². The van der Waals surface area contributed by atoms with Gasteiger partial charge in [0.25, 0.3) is 0 Å². The monoisotopic (exact) mass is 382 g/mol. The zero-order valence-electron chi connectivity index (χ0n) is 17.0. The molecule has 0 aliphatic carbocycles. The summed E-state index contributed by atoms with van der Waals surface area (Å²) >= 11 is 0. The van der Waals surface area contributed by atoms with Gasteiger partial charge in [0.2, 0.25) is 0 Å². The molecule has 4 heteroatoms. The van der Waals surface area contributed by atoms with Crippen LogP contribution in [0.2, 0.25) is 0 Å². The number of benzene rings is 2. The van der Waals surface area contributed by atoms with Crippen LogP contribution < -0.4 is 4.74 Å². The fourth-order valence-electron chi connectivity index (χ4n) is 2.90. The van der Waals surface area contributed by atoms with Gasteiger partial charge in [-0.2, -0.15) is 0 Å². The first-order valence-electron chi connectivity index (χ1n) is 9.75. The Labute approximate surface area is 168 Å². The van der Waals surface area contributed by atoms with E-state index in [-0.39, 0.29) is 24.6 Å². The Kier molecular flexibility index (Phi) is 8.76. The molecular formula is C24H30O4. The second-order valence-electron chi connectivity index (χ2n) is 6.66. The third-order valence-corrected chi connectivity index (χ3v) is 4.84. The average molecular weight is 383 g/mol. The molecule has 0 N–H and O–H groups in total. The van der Waals surface area contributed by atoms with E-state index >= 15 is 0 Å². The third kappa shape index (κ3) is 6.86. The topological polar surface area (TPSA) is 44.8 Å². The highest BCUT2D eigenvalue weighted by atomic mass is 16.5. The Balaban J connectivity index is 1.82. The predicted octanol–water partition coefficient (Wildman–Crippen LogP) is 5.11. The molecule has 0 atom stereocenters. The van der Waals surface area contributed by atoms with Gasteiger partial charge in [-0.25, -0.2) is 0 Å². The standard InChI is InChI=1S/C24H30O4/c1-4-24(5-2,28-19-21-10-7-6-8-11-21)16-9-17-27-23(25)18-20-12-14-22(26-3)15-13-20/h6-16H,4-5,17-19H2,1-3H3/b16-9+. The van der Waals surface area contributed by atoms with Crippen LogP contribution in [0.25, 0.3) is 0 Å². The highest BCUT2D eigenvalue weighted by Crippen LogP contribution is 2.24. The molecule has 0 fully saturated rings. The van der Waals surface area contributed by atoms with Gasteiger partial charge in [0.15, 0.2) is 0 Å². The zero-order valence-corrected chi connectivity index (χ0v) is 17.0. The Morgan fingerprint density at radius 3 is 2.25 bits per heavy atom. The van der Waals surface area contributed by atoms with Crippen LogP contribution >= 0.6 is 0 Å². The van der Waals surface area contributed by atoms with Gasteiger partial charge in [0, 0.05) is 0 Å². The van der Waals surface area contributed by atoms with Crippen molar-refractivity contribution in [2.45, 2.75) is 45.3 Å². The van der Waals surface area contributed by atoms with Crippen molar-refractivity contribution in [2.24, 2.45) is 0 Å². The van der Waals surface area contributed by atoms with Crippen LogP contribution in [0.15, 0.2) is 66.7 Å². The van der Waals surface area contributed by atoms with Crippen molar-refractivity contribution in [3.05, 3.63) is 77.9 Å². The van der Waals surface area contributed by atoms with E-state index in [1.54, 1.807) is 7.11 Å². The highest BCUT2D eigenvalue weighted by Gasteiger charge is 2.23. The molecule has 0 bridgehead atoms. The maximum Gasteiger partial charge on any atom is 0.310 e. The fourth-order valence-corrected chi connectivity index (χ4v) is 2.90. The van der Waals surface area contributed by atoms with Crippen LogP contribution in [0, 0.1) is 0 Å². The van der Waals surface area contributed by atoms with Gasteiger partial charge in [0.05, 0.1) is 25.7 Å². The summed E-state index contributed by atoms with van der Waals surface area (Å²) in [6.07, 6.45) is 5.86. The van der Waals surface area contributed by atoms with Crippen LogP contribution in [0.3, 0.4) is 0 Å². The number of ether oxygens (including phenoxy) is 3. The molecule has 2 aromatic carbocycles. The molecule has 0 aromatic heterocycles. The number of hydrogen-bond acceptors (Lipinski definition) is 4. The van der Waals surface area contributed by atoms with Gasteiger partial charge < -0.3 is 14.2 Å². The first-order chi connectivity index (χ1) is 13.6. The molecule has 2 rings (SSSR count). The van der Waals surface area contributed by atoms with Crippen LogP contribution in [-0.2, 0) is 27.3 Å². The zero-order chi connectivity index (χ0) is 20.2. The van der Waals surface area contributed by atoms with Crippen LogP contribution in [-0.4, -0.2) is 25.3 Å². The Hall–Kier alpha value is -2.59. The number of methoxy groups -OCH3 is 1. The lowest BCUT2D eigenvalue weighted by Crippen LogP contribution is -2.28. The summed E-state index contributed by atoms with van der Waals surface area (Å²) in [6, 6.07) is 17.5. The molecule has 0 aliphatic heterocycles. The van der Waals surface area contributed by atoms with Gasteiger partial charge in [-0.1, -0.05) is 62.4 Å². The molecule has 0 heterocycles. The van der Waals surface area contributed by atoms with Crippen molar-refractivity contribution >= 4 is 5.97 Å². The quantitative estimate of drug-likeness (QED) is 0.400. The molecule has 0 amide bonds. The van der Waals surface area contributed by atoms with E-state index in [1.807, 2.05) is 54.6 Å². The molecule has 0 spiro atoms. The normalized spacial score (nSPS) is 11.5. The lowest BCUT2D eigenvalue weighted by atomic mass is 9.96. The summed E-state index contributed by atoms with van der Waals surface area (Å²) < 4.78 is 16.7. The molecule has 28 heavy (non-hydrogen) atoms. The smallest absolute Gasteiger partial charge is 0.310 e. The van der Waals surface area contributed by atoms with Crippen molar-refractivity contribution in [2.75, 3.05) is 13.7 Å². The van der Waals surface area contributed by atoms with Gasteiger partial charge in [-0.3, -0.25) is 4.79 Å². The van der Waals surface area contributed by atoms with Crippen LogP contribution in [0.5, 0.6) is 5.75 Å². The van der Waals surface area contributed by atoms with E-state index in [0.29, 0.717) is 6.61 Å². The highest BCUT2D eigenvalue weighted by molar-refractivity contribution is 5.72. The second-order valence-corrected chi connectivity index (χ2v) is 6.66. The summed E-state index contributed by atoms with van der Waals surface area (Å²) in [6.45, 7) is 5.01. The lowest BCUT2D eigenvalue weighted by Gasteiger charge is -2.28. The molecule has 0 radical (unpaired) electrons. The minimum atomic E-state index is -0.349. The number of esters is 1. The van der Waals surface area contributed by atoms with Crippen LogP contribution in [0.4, 0.5) is 0 Å². The molecule has 2 aromatic rings. The molecule has 0 unspecified atom stereocenters. The molecular weight excluding hydrogens is 352 g/mol. The van der Waals surface area contributed by atoms with Crippen molar-refractivity contribution in [1.29, 1.82) is 0 Å². The van der Waals surface area contributed by atoms with E-state index in [4.69, 9.17) is 14.2 Å². The van der Waals surface area contributed by atoms with Crippen molar-refractivity contribution in [3.63, 3.8) is 0 Å². The summed E-state index contributed by atoms with van der Waals surface area (Å²) in [5.41, 5.74) is 1.70. The summed E-state index contributed by atoms with van der Waals surface area (Å²) in [4.78, 5) is 12.0. The maximum absolute atomic E-state index is 12.0. The number of carbonyl (C=O) groups is 1. The van der Waals surface area contributed by atoms with Crippen molar-refractivity contribution < 1.29 is 19.0 Å². The lowest BCUT2D eigenvalue weighted by molar-refractivity contribution is -0.141. The molecule has 150 valence electrons. The van der Waals surface area contributed by atoms with Gasteiger partial charge in [-0.05, 0) is 42.2 Å². The molecule has 0 aliphatic rings. The van der Waals surface area contributed by atoms with Gasteiger partial charge in [-0.15, -0.1) is 0 Å². The minimum Gasteiger partial charge on any atom is -0.497 e. The second kappa shape index (κ2) is 11.3. The third-order valence-electron chi connectivity index (χ3n) is 4.84. The van der Waals surface area contributed by atoms with Gasteiger partial charge in [0.1, 0.15) is 12.4 Å². The van der Waals surface area contributed by atoms with E-state index in [9.17, 15) is 4.79 Å². The Morgan fingerprint density at radius 1 is 0.964 bits per heavy atom. The first-order valence-corrected chi connectivity index (χ1v) is 9.75. The number of hydrogen-bond donors (Lipinski definition) is 0. The molecule has 0 saturated heterocycles. The summed E-state index contributed by atoms with van der Waals surface area (Å²) in [7, 11) is 1.62. The van der Waals surface area contributed by atoms with E-state index in [1.165, 1.54) is 0 Å². The molecule has 4 nitrogen and oxygen atoms in total. The van der Waals surface area contributed by atoms with Crippen LogP contribution in [0.1, 0.15) is 37.8 Å². The minimum absolute atomic E-state index is 0.242. The number of rotatable bonds is 11. The van der Waals surface area contributed by atoms with E-state index in [2.05, 4.69) is 26.0 Å². The van der Waals surface area contributed by atoms with Crippen molar-refractivity contribution in [1.82, 2.24) is 0 Å². The summed E-state index contributed by atoms with van der Waals surface area (Å²) in [5, 5.41) is 0. The van der Waals surface area contributed by atoms with E-state index < -0.39 is 0 Å². The fraction of sp³-hybridized carbons (Fsp3) is 0.375. The Morgan fingerprint density at radius 2 is 1.64 bits per heavy atom. The van der Waals surface area contributed by atoms with E-state index in [0.717, 1.165) is 29.7 Å². The average Bonchev–Trinajstić information content (AvgIpc) is 2.75. The SMILES string of the molecule is CCC(/C=C/COC(=O)Cc1ccc(OC)cc1)(CC)OCc1ccccc1. The van der Waals surface area contributed by atoms with Crippen molar-refractivity contribution in [3.8, 4) is 5.75 Å². The number of carbonyl (C=O) groups excluding carboxylic acids is 1. The first kappa shape index (κ1) is 21.7. The predicted molar refractivity (Wildman–Crippen MR) is 111 cm³/mol. The summed E-state index contributed by atoms with van der Waals surface area (Å²) in [5.74, 6) is 0.518.